The molecule has 10 aromatic carbocycles. The molecule has 1 aromatic heterocycles. The Hall–Kier alpha value is -8.38. The van der Waals surface area contributed by atoms with Gasteiger partial charge >= 0.3 is 0 Å². The molecular weight excluding hydrogens is 1170 g/mol. The van der Waals surface area contributed by atoms with Crippen molar-refractivity contribution >= 4 is 95.0 Å². The van der Waals surface area contributed by atoms with Crippen molar-refractivity contribution in [2.45, 2.75) is 182 Å². The number of fused-ring (bicyclic) bond motifs is 7. The third-order valence-corrected chi connectivity index (χ3v) is 22.0. The van der Waals surface area contributed by atoms with E-state index < -0.39 is 36.9 Å². The van der Waals surface area contributed by atoms with Crippen LogP contribution in [0.4, 0.5) is 51.2 Å². The van der Waals surface area contributed by atoms with E-state index >= 15 is 0 Å². The van der Waals surface area contributed by atoms with E-state index in [1.165, 1.54) is 27.8 Å². The third kappa shape index (κ3) is 11.5. The summed E-state index contributed by atoms with van der Waals surface area (Å²) in [4.78, 5) is 6.82. The topological polar surface area (TPSA) is 9.72 Å². The van der Waals surface area contributed by atoms with E-state index in [0.29, 0.717) is 11.4 Å². The Morgan fingerprint density at radius 1 is 0.421 bits per heavy atom. The maximum absolute atomic E-state index is 11.2. The van der Waals surface area contributed by atoms with Crippen molar-refractivity contribution in [2.24, 2.45) is 0 Å². The molecule has 3 nitrogen and oxygen atoms in total. The third-order valence-electron chi connectivity index (χ3n) is 20.8. The Morgan fingerprint density at radius 2 is 0.853 bits per heavy atom. The highest BCUT2D eigenvalue weighted by Crippen LogP contribution is 2.54. The Morgan fingerprint density at radius 3 is 1.36 bits per heavy atom. The molecule has 0 N–H and O–H groups in total. The Balaban J connectivity index is 1.17. The first kappa shape index (κ1) is 55.9. The molecular formula is C90H96BN3S. The molecule has 0 radical (unpaired) electrons. The van der Waals surface area contributed by atoms with Crippen LogP contribution in [0, 0.1) is 0 Å². The lowest BCUT2D eigenvalue weighted by molar-refractivity contribution is 0.332. The molecule has 3 heterocycles. The van der Waals surface area contributed by atoms with Crippen LogP contribution in [0.5, 0.6) is 0 Å². The van der Waals surface area contributed by atoms with Crippen molar-refractivity contribution < 1.29 is 9.60 Å². The zero-order valence-corrected chi connectivity index (χ0v) is 60.2. The second kappa shape index (κ2) is 22.6. The van der Waals surface area contributed by atoms with Gasteiger partial charge in [0.15, 0.2) is 0 Å². The molecule has 0 saturated heterocycles. The van der Waals surface area contributed by atoms with E-state index in [1.807, 2.05) is 0 Å². The predicted octanol–water partition coefficient (Wildman–Crippen LogP) is 24.3. The summed E-state index contributed by atoms with van der Waals surface area (Å²) in [5.41, 5.74) is 20.5. The lowest BCUT2D eigenvalue weighted by Crippen LogP contribution is -2.60. The molecule has 0 atom stereocenters. The molecule has 0 fully saturated rings. The van der Waals surface area contributed by atoms with Crippen molar-refractivity contribution in [1.82, 2.24) is 0 Å². The highest BCUT2D eigenvalue weighted by molar-refractivity contribution is 7.33. The number of nitrogens with zero attached hydrogens (tertiary/aromatic N) is 3. The van der Waals surface area contributed by atoms with Gasteiger partial charge in [0.25, 0.3) is 6.71 Å². The van der Waals surface area contributed by atoms with E-state index in [-0.39, 0.29) is 61.1 Å². The van der Waals surface area contributed by atoms with Crippen molar-refractivity contribution in [2.75, 3.05) is 14.7 Å². The lowest BCUT2D eigenvalue weighted by atomic mass is 9.36. The van der Waals surface area contributed by atoms with Crippen LogP contribution in [-0.4, -0.2) is 6.71 Å². The zero-order chi connectivity index (χ0) is 73.4. The molecule has 2 aliphatic heterocycles. The van der Waals surface area contributed by atoms with Gasteiger partial charge in [-0.15, -0.1) is 11.3 Å². The minimum absolute atomic E-state index is 0.0296. The first-order valence-corrected chi connectivity index (χ1v) is 35.0. The molecule has 0 spiro atoms. The molecule has 3 aliphatic rings. The van der Waals surface area contributed by atoms with E-state index in [2.05, 4.69) is 316 Å². The summed E-state index contributed by atoms with van der Waals surface area (Å²) in [5.74, 6) is 0. The number of hydrogen-bond donors (Lipinski definition) is 0. The fourth-order valence-electron chi connectivity index (χ4n) is 14.8. The van der Waals surface area contributed by atoms with Crippen LogP contribution < -0.4 is 30.4 Å². The molecule has 0 amide bonds. The summed E-state index contributed by atoms with van der Waals surface area (Å²) in [6.07, 6.45) is 2.19. The first-order chi connectivity index (χ1) is 47.6. The molecule has 95 heavy (non-hydrogen) atoms. The molecule has 0 saturated carbocycles. The van der Waals surface area contributed by atoms with Crippen LogP contribution in [-0.2, 0) is 37.9 Å². The average molecular weight is 1270 g/mol. The maximum atomic E-state index is 11.2. The smallest absolute Gasteiger partial charge is 0.264 e. The largest absolute Gasteiger partial charge is 0.311 e. The van der Waals surface area contributed by atoms with Crippen LogP contribution in [0.15, 0.2) is 212 Å². The predicted molar refractivity (Wildman–Crippen MR) is 416 cm³/mol. The average Bonchev–Trinajstić information content (AvgIpc) is 1.17. The Labute approximate surface area is 582 Å². The summed E-state index contributed by atoms with van der Waals surface area (Å²) in [5, 5.41) is 0.996. The Kier molecular flexibility index (Phi) is 13.3. The number of anilines is 9. The Bertz CT molecular complexity index is 5100. The van der Waals surface area contributed by atoms with Crippen molar-refractivity contribution in [1.29, 1.82) is 0 Å². The van der Waals surface area contributed by atoms with Gasteiger partial charge < -0.3 is 14.7 Å². The first-order valence-electron chi connectivity index (χ1n) is 37.7. The van der Waals surface area contributed by atoms with Gasteiger partial charge in [-0.25, -0.2) is 0 Å². The molecule has 1 aliphatic carbocycles. The van der Waals surface area contributed by atoms with E-state index in [9.17, 15) is 8.22 Å². The van der Waals surface area contributed by atoms with Crippen LogP contribution in [0.1, 0.15) is 193 Å². The van der Waals surface area contributed by atoms with Crippen LogP contribution in [0.3, 0.4) is 0 Å². The van der Waals surface area contributed by atoms with Crippen molar-refractivity contribution in [3.05, 3.63) is 251 Å². The summed E-state index contributed by atoms with van der Waals surface area (Å²) < 4.78 is 71.6. The summed E-state index contributed by atoms with van der Waals surface area (Å²) >= 11 is 1.75. The highest BCUT2D eigenvalue weighted by atomic mass is 32.1. The van der Waals surface area contributed by atoms with Crippen molar-refractivity contribution in [3.63, 3.8) is 0 Å². The van der Waals surface area contributed by atoms with Gasteiger partial charge in [-0.3, -0.25) is 0 Å². The quantitative estimate of drug-likeness (QED) is 0.140. The minimum Gasteiger partial charge on any atom is -0.311 e. The molecule has 0 unspecified atom stereocenters. The van der Waals surface area contributed by atoms with Gasteiger partial charge in [0, 0.05) is 60.2 Å². The van der Waals surface area contributed by atoms with Crippen LogP contribution >= 0.6 is 11.3 Å². The maximum Gasteiger partial charge on any atom is 0.264 e. The molecule has 5 heteroatoms. The standard InChI is InChI=1S/C90H96BN3S/c1-84(2,3)62-29-25-58(26-30-62)71-55-75-77(56-76(71)92(67-39-31-63(32-40-67)85(4,5)6)68-41-33-64(34-42-68)86(7,8)9)93(69-43-35-65(36-44-69)87(10,11)12)78-53-61(57-23-21-20-22-24-57)54-79-81(78)91(75)83-82(94(79)70-45-37-66(38-46-70)88(13,14)15)72-51-59(28-48-80(72)95-83)60-27-47-73-74(52-60)90(18,19)50-49-89(73,16)17/h20-48,51-56H,49-50H2,1-19H3/i20D,21D,22D,23D,24D,53D,54D. The summed E-state index contributed by atoms with van der Waals surface area (Å²) in [6, 6.07) is 60.3. The second-order valence-corrected chi connectivity index (χ2v) is 34.8. The van der Waals surface area contributed by atoms with Crippen LogP contribution in [0.2, 0.25) is 0 Å². The molecule has 480 valence electrons. The second-order valence-electron chi connectivity index (χ2n) is 33.7. The zero-order valence-electron chi connectivity index (χ0n) is 66.4. The van der Waals surface area contributed by atoms with Gasteiger partial charge in [0.2, 0.25) is 0 Å². The number of thiophene rings is 1. The van der Waals surface area contributed by atoms with Gasteiger partial charge in [0.1, 0.15) is 0 Å². The monoisotopic (exact) mass is 1270 g/mol. The number of benzene rings is 10. The molecule has 14 rings (SSSR count). The summed E-state index contributed by atoms with van der Waals surface area (Å²) in [6.45, 7) is 42.4. The molecule has 11 aromatic rings. The van der Waals surface area contributed by atoms with Gasteiger partial charge in [0.05, 0.1) is 21.0 Å². The minimum atomic E-state index is -0.614. The fraction of sp³-hybridized carbons (Fsp3) is 0.311. The van der Waals surface area contributed by atoms with Gasteiger partial charge in [-0.1, -0.05) is 265 Å². The van der Waals surface area contributed by atoms with E-state index in [1.54, 1.807) is 11.3 Å². The van der Waals surface area contributed by atoms with E-state index in [4.69, 9.17) is 1.37 Å². The number of rotatable bonds is 8. The van der Waals surface area contributed by atoms with Gasteiger partial charge in [-0.05, 0) is 207 Å². The molecule has 0 bridgehead atoms. The van der Waals surface area contributed by atoms with Gasteiger partial charge in [-0.2, -0.15) is 0 Å². The number of hydrogen-bond acceptors (Lipinski definition) is 4. The normalized spacial score (nSPS) is 16.2. The summed E-state index contributed by atoms with van der Waals surface area (Å²) in [7, 11) is 0. The fourth-order valence-corrected chi connectivity index (χ4v) is 16.1. The highest BCUT2D eigenvalue weighted by Gasteiger charge is 2.47. The van der Waals surface area contributed by atoms with E-state index in [0.717, 1.165) is 112 Å². The van der Waals surface area contributed by atoms with Crippen molar-refractivity contribution in [3.8, 4) is 33.4 Å². The van der Waals surface area contributed by atoms with Crippen LogP contribution in [0.25, 0.3) is 43.5 Å². The lowest BCUT2D eigenvalue weighted by Gasteiger charge is -2.44. The SMILES string of the molecule is [2H]c1c([2H])c([2H])c(-c2c([2H])c3c4c(c2[2H])N(c2ccc(C(C)(C)C)cc2)c2c(sc5ccc(-c6ccc7c(c6)C(C)(C)CCC7(C)C)cc25)B4c2cc(-c4ccc(C(C)(C)C)cc4)c(N(c4ccc(C(C)(C)C)cc4)c4ccc(C(C)(C)C)cc4)cc2N3c2ccc(C(C)(C)C)cc2)c([2H])c1[2H].